The molecule has 102 valence electrons. The number of nitrogens with zero attached hydrogens (tertiary/aromatic N) is 1. The van der Waals surface area contributed by atoms with Crippen molar-refractivity contribution in [1.82, 2.24) is 9.97 Å². The van der Waals surface area contributed by atoms with Gasteiger partial charge < -0.3 is 21.1 Å². The maximum atomic E-state index is 12.1. The third kappa shape index (κ3) is 1.95. The number of guanidine groups is 1. The Hall–Kier alpha value is -2.61. The van der Waals surface area contributed by atoms with E-state index in [9.17, 15) is 9.90 Å². The number of anilines is 1. The van der Waals surface area contributed by atoms with Crippen LogP contribution in [0.3, 0.4) is 0 Å². The molecule has 0 saturated carbocycles. The van der Waals surface area contributed by atoms with Crippen molar-refractivity contribution in [3.8, 4) is 5.75 Å². The lowest BCUT2D eigenvalue weighted by Crippen LogP contribution is -2.33. The summed E-state index contributed by atoms with van der Waals surface area (Å²) in [6.45, 7) is 0. The number of rotatable bonds is 1. The quantitative estimate of drug-likeness (QED) is 0.501. The van der Waals surface area contributed by atoms with Crippen LogP contribution in [0.5, 0.6) is 5.75 Å². The fourth-order valence-electron chi connectivity index (χ4n) is 2.16. The van der Waals surface area contributed by atoms with Gasteiger partial charge in [0.25, 0.3) is 5.56 Å². The fraction of sp³-hybridized carbons (Fsp3) is 0.0833. The molecule has 0 radical (unpaired) electrons. The summed E-state index contributed by atoms with van der Waals surface area (Å²) in [7, 11) is 0. The zero-order valence-electron chi connectivity index (χ0n) is 10.2. The number of para-hydroxylation sites is 1. The van der Waals surface area contributed by atoms with Gasteiger partial charge >= 0.3 is 0 Å². The van der Waals surface area contributed by atoms with Crippen molar-refractivity contribution in [2.24, 2.45) is 10.7 Å². The first-order chi connectivity index (χ1) is 9.56. The molecule has 0 fully saturated rings. The molecule has 0 aliphatic carbocycles. The molecule has 1 atom stereocenters. The van der Waals surface area contributed by atoms with Crippen molar-refractivity contribution < 1.29 is 5.11 Å². The summed E-state index contributed by atoms with van der Waals surface area (Å²) in [6.07, 6.45) is 0. The number of aromatic hydroxyl groups is 1. The number of hydrogen-bond donors (Lipinski definition) is 5. The lowest BCUT2D eigenvalue weighted by atomic mass is 9.99. The number of aromatic amines is 2. The Kier molecular flexibility index (Phi) is 2.79. The summed E-state index contributed by atoms with van der Waals surface area (Å²) in [4.78, 5) is 21.6. The average Bonchev–Trinajstić information content (AvgIpc) is 2.37. The van der Waals surface area contributed by atoms with Crippen molar-refractivity contribution in [2.45, 2.75) is 6.04 Å². The van der Waals surface area contributed by atoms with Crippen LogP contribution in [0, 0.1) is 4.77 Å². The van der Waals surface area contributed by atoms with Crippen LogP contribution in [0.25, 0.3) is 0 Å². The highest BCUT2D eigenvalue weighted by Gasteiger charge is 2.27. The summed E-state index contributed by atoms with van der Waals surface area (Å²) in [5.41, 5.74) is 6.17. The third-order valence-corrected chi connectivity index (χ3v) is 3.21. The first kappa shape index (κ1) is 12.4. The molecule has 0 saturated heterocycles. The molecule has 1 aliphatic rings. The zero-order chi connectivity index (χ0) is 14.3. The number of nitrogens with two attached hydrogens (primary N) is 1. The third-order valence-electron chi connectivity index (χ3n) is 3.01. The van der Waals surface area contributed by atoms with E-state index in [1.165, 1.54) is 6.07 Å². The summed E-state index contributed by atoms with van der Waals surface area (Å²) < 4.78 is 0.187. The van der Waals surface area contributed by atoms with Crippen LogP contribution in [0.1, 0.15) is 17.2 Å². The Morgan fingerprint density at radius 2 is 2.05 bits per heavy atom. The minimum Gasteiger partial charge on any atom is -0.508 e. The summed E-state index contributed by atoms with van der Waals surface area (Å²) in [6, 6.07) is 5.97. The van der Waals surface area contributed by atoms with Crippen LogP contribution >= 0.6 is 12.2 Å². The molecule has 2 aromatic rings. The number of phenolic OH excluding ortho intramolecular Hbond substituents is 1. The Balaban J connectivity index is 2.28. The lowest BCUT2D eigenvalue weighted by Gasteiger charge is -2.22. The number of fused-ring (bicyclic) bond motifs is 1. The van der Waals surface area contributed by atoms with E-state index in [0.29, 0.717) is 16.9 Å². The maximum Gasteiger partial charge on any atom is 0.259 e. The molecule has 1 aromatic carbocycles. The van der Waals surface area contributed by atoms with Crippen molar-refractivity contribution in [1.29, 1.82) is 0 Å². The molecule has 20 heavy (non-hydrogen) atoms. The van der Waals surface area contributed by atoms with Crippen LogP contribution < -0.4 is 16.6 Å². The zero-order valence-corrected chi connectivity index (χ0v) is 11.0. The van der Waals surface area contributed by atoms with Crippen LogP contribution in [-0.2, 0) is 0 Å². The van der Waals surface area contributed by atoms with E-state index < -0.39 is 6.04 Å². The lowest BCUT2D eigenvalue weighted by molar-refractivity contribution is 0.465. The molecule has 7 nitrogen and oxygen atoms in total. The molecule has 1 aliphatic heterocycles. The van der Waals surface area contributed by atoms with Crippen molar-refractivity contribution >= 4 is 24.0 Å². The molecule has 1 aromatic heterocycles. The van der Waals surface area contributed by atoms with Gasteiger partial charge in [-0.3, -0.25) is 9.78 Å². The first-order valence-electron chi connectivity index (χ1n) is 5.81. The normalized spacial score (nSPS) is 17.0. The molecule has 0 amide bonds. The van der Waals surface area contributed by atoms with Crippen LogP contribution in [0.2, 0.25) is 0 Å². The van der Waals surface area contributed by atoms with Gasteiger partial charge in [-0.25, -0.2) is 4.99 Å². The average molecular weight is 289 g/mol. The number of hydrogen-bond acceptors (Lipinski definition) is 6. The highest BCUT2D eigenvalue weighted by Crippen LogP contribution is 2.34. The van der Waals surface area contributed by atoms with Crippen molar-refractivity contribution in [3.05, 3.63) is 50.5 Å². The monoisotopic (exact) mass is 289 g/mol. The molecular weight excluding hydrogens is 278 g/mol. The maximum absolute atomic E-state index is 12.1. The molecule has 8 heteroatoms. The van der Waals surface area contributed by atoms with Crippen LogP contribution in [0.4, 0.5) is 5.82 Å². The van der Waals surface area contributed by atoms with E-state index in [2.05, 4.69) is 20.3 Å². The molecule has 0 bridgehead atoms. The largest absolute Gasteiger partial charge is 0.508 e. The van der Waals surface area contributed by atoms with Gasteiger partial charge in [-0.1, -0.05) is 18.2 Å². The fourth-order valence-corrected chi connectivity index (χ4v) is 2.36. The number of aliphatic imine (C=N–C) groups is 1. The SMILES string of the molecule is NC1=NC(c2ccccc2O)c2c([nH]c(=S)[nH]c2=O)N1. The van der Waals surface area contributed by atoms with E-state index >= 15 is 0 Å². The van der Waals surface area contributed by atoms with Crippen molar-refractivity contribution in [3.63, 3.8) is 0 Å². The van der Waals surface area contributed by atoms with Crippen molar-refractivity contribution in [2.75, 3.05) is 5.32 Å². The predicted molar refractivity (Wildman–Crippen MR) is 77.4 cm³/mol. The number of nitrogens with one attached hydrogen (secondary N) is 3. The topological polar surface area (TPSA) is 119 Å². The van der Waals surface area contributed by atoms with E-state index in [4.69, 9.17) is 18.0 Å². The Morgan fingerprint density at radius 3 is 2.80 bits per heavy atom. The van der Waals surface area contributed by atoms with Gasteiger partial charge in [-0.2, -0.15) is 0 Å². The molecular formula is C12H11N5O2S. The molecule has 6 N–H and O–H groups in total. The van der Waals surface area contributed by atoms with Gasteiger partial charge in [0.15, 0.2) is 10.7 Å². The number of benzene rings is 1. The minimum absolute atomic E-state index is 0.0451. The highest BCUT2D eigenvalue weighted by molar-refractivity contribution is 7.71. The highest BCUT2D eigenvalue weighted by atomic mass is 32.1. The Morgan fingerprint density at radius 1 is 1.30 bits per heavy atom. The second-order valence-corrected chi connectivity index (χ2v) is 4.71. The smallest absolute Gasteiger partial charge is 0.259 e. The molecule has 1 unspecified atom stereocenters. The van der Waals surface area contributed by atoms with Crippen LogP contribution in [-0.4, -0.2) is 21.0 Å². The van der Waals surface area contributed by atoms with Gasteiger partial charge in [-0.15, -0.1) is 0 Å². The van der Waals surface area contributed by atoms with Gasteiger partial charge in [0.2, 0.25) is 0 Å². The van der Waals surface area contributed by atoms with E-state index in [-0.39, 0.29) is 22.0 Å². The number of aromatic nitrogens is 2. The summed E-state index contributed by atoms with van der Waals surface area (Å²) >= 11 is 4.92. The standard InChI is InChI=1S/C12H11N5O2S/c13-11-14-8(5-3-1-2-4-6(5)18)7-9(15-11)16-12(20)17-10(7)19/h1-4,8,18H,(H5,13,14,15,16,17,19,20). The minimum atomic E-state index is -0.692. The van der Waals surface area contributed by atoms with E-state index in [0.717, 1.165) is 0 Å². The molecule has 2 heterocycles. The summed E-state index contributed by atoms with van der Waals surface area (Å²) in [5.74, 6) is 0.574. The predicted octanol–water partition coefficient (Wildman–Crippen LogP) is 0.968. The molecule has 3 rings (SSSR count). The van der Waals surface area contributed by atoms with Gasteiger partial charge in [0.05, 0.1) is 5.56 Å². The van der Waals surface area contributed by atoms with Gasteiger partial charge in [-0.05, 0) is 18.3 Å². The van der Waals surface area contributed by atoms with E-state index in [1.54, 1.807) is 18.2 Å². The number of H-pyrrole nitrogens is 2. The van der Waals surface area contributed by atoms with E-state index in [1.807, 2.05) is 0 Å². The second kappa shape index (κ2) is 4.49. The summed E-state index contributed by atoms with van der Waals surface area (Å²) in [5, 5.41) is 12.7. The van der Waals surface area contributed by atoms with Gasteiger partial charge in [0, 0.05) is 5.56 Å². The second-order valence-electron chi connectivity index (χ2n) is 4.30. The Labute approximate surface area is 118 Å². The Bertz CT molecular complexity index is 823. The first-order valence-corrected chi connectivity index (χ1v) is 6.22. The molecule has 0 spiro atoms. The number of phenols is 1. The van der Waals surface area contributed by atoms with Crippen LogP contribution in [0.15, 0.2) is 34.1 Å². The van der Waals surface area contributed by atoms with Gasteiger partial charge in [0.1, 0.15) is 17.6 Å².